The van der Waals surface area contributed by atoms with Gasteiger partial charge in [0.25, 0.3) is 0 Å². The van der Waals surface area contributed by atoms with Crippen molar-refractivity contribution in [3.05, 3.63) is 34.9 Å². The lowest BCUT2D eigenvalue weighted by Crippen LogP contribution is -2.53. The van der Waals surface area contributed by atoms with Crippen LogP contribution in [0.25, 0.3) is 0 Å². The van der Waals surface area contributed by atoms with Crippen LogP contribution in [-0.2, 0) is 11.3 Å². The number of hydrogen-bond acceptors (Lipinski definition) is 3. The highest BCUT2D eigenvalue weighted by Gasteiger charge is 2.25. The van der Waals surface area contributed by atoms with E-state index in [-0.39, 0.29) is 11.9 Å². The van der Waals surface area contributed by atoms with Crippen molar-refractivity contribution in [2.75, 3.05) is 45.8 Å². The number of piperazine rings is 1. The molecule has 0 atom stereocenters. The van der Waals surface area contributed by atoms with Crippen LogP contribution in [-0.4, -0.2) is 72.5 Å². The third-order valence-electron chi connectivity index (χ3n) is 4.87. The zero-order valence-corrected chi connectivity index (χ0v) is 15.2. The zero-order chi connectivity index (χ0) is 17.6. The minimum absolute atomic E-state index is 0.0783. The molecule has 0 saturated carbocycles. The summed E-state index contributed by atoms with van der Waals surface area (Å²) >= 11 is 6.11. The zero-order valence-electron chi connectivity index (χ0n) is 14.4. The van der Waals surface area contributed by atoms with Gasteiger partial charge >= 0.3 is 6.03 Å². The van der Waals surface area contributed by atoms with Gasteiger partial charge in [0.1, 0.15) is 0 Å². The van der Waals surface area contributed by atoms with E-state index in [2.05, 4.69) is 10.2 Å². The highest BCUT2D eigenvalue weighted by Crippen LogP contribution is 2.14. The molecule has 3 rings (SSSR count). The van der Waals surface area contributed by atoms with Gasteiger partial charge < -0.3 is 15.1 Å². The number of halogens is 1. The SMILES string of the molecule is O=C(CN1CCN(C(=O)NCc2ccccc2Cl)CC1)N1CCCC1. The van der Waals surface area contributed by atoms with Gasteiger partial charge in [-0.05, 0) is 24.5 Å². The molecule has 0 aliphatic carbocycles. The van der Waals surface area contributed by atoms with Gasteiger partial charge in [-0.15, -0.1) is 0 Å². The summed E-state index contributed by atoms with van der Waals surface area (Å²) in [4.78, 5) is 30.4. The summed E-state index contributed by atoms with van der Waals surface area (Å²) in [5, 5.41) is 3.58. The first kappa shape index (κ1) is 18.0. The van der Waals surface area contributed by atoms with Gasteiger partial charge in [0.05, 0.1) is 6.54 Å². The second kappa shape index (κ2) is 8.54. The van der Waals surface area contributed by atoms with Gasteiger partial charge in [-0.1, -0.05) is 29.8 Å². The summed E-state index contributed by atoms with van der Waals surface area (Å²) in [7, 11) is 0. The summed E-state index contributed by atoms with van der Waals surface area (Å²) in [5.74, 6) is 0.217. The van der Waals surface area contributed by atoms with E-state index in [0.717, 1.165) is 44.6 Å². The second-order valence-electron chi connectivity index (χ2n) is 6.60. The van der Waals surface area contributed by atoms with E-state index in [0.29, 0.717) is 31.2 Å². The molecule has 0 spiro atoms. The predicted molar refractivity (Wildman–Crippen MR) is 97.5 cm³/mol. The van der Waals surface area contributed by atoms with Gasteiger partial charge in [0, 0.05) is 50.8 Å². The van der Waals surface area contributed by atoms with Gasteiger partial charge in [-0.25, -0.2) is 4.79 Å². The van der Waals surface area contributed by atoms with Crippen LogP contribution in [0.3, 0.4) is 0 Å². The monoisotopic (exact) mass is 364 g/mol. The van der Waals surface area contributed by atoms with Crippen molar-refractivity contribution in [2.45, 2.75) is 19.4 Å². The molecule has 1 aromatic rings. The number of carbonyl (C=O) groups is 2. The molecule has 0 bridgehead atoms. The number of benzene rings is 1. The van der Waals surface area contributed by atoms with E-state index in [9.17, 15) is 9.59 Å². The highest BCUT2D eigenvalue weighted by molar-refractivity contribution is 6.31. The summed E-state index contributed by atoms with van der Waals surface area (Å²) in [5.41, 5.74) is 0.910. The van der Waals surface area contributed by atoms with Crippen molar-refractivity contribution < 1.29 is 9.59 Å². The van der Waals surface area contributed by atoms with E-state index in [1.807, 2.05) is 29.2 Å². The fourth-order valence-electron chi connectivity index (χ4n) is 3.29. The standard InChI is InChI=1S/C18H25ClN4O2/c19-16-6-2-1-5-15(16)13-20-18(25)23-11-9-21(10-12-23)14-17(24)22-7-3-4-8-22/h1-2,5-6H,3-4,7-14H2,(H,20,25). The first-order valence-electron chi connectivity index (χ1n) is 8.90. The van der Waals surface area contributed by atoms with Crippen molar-refractivity contribution in [1.29, 1.82) is 0 Å². The van der Waals surface area contributed by atoms with Crippen molar-refractivity contribution in [3.63, 3.8) is 0 Å². The van der Waals surface area contributed by atoms with E-state index in [1.165, 1.54) is 0 Å². The molecule has 136 valence electrons. The molecule has 0 radical (unpaired) electrons. The van der Waals surface area contributed by atoms with Crippen molar-refractivity contribution in [2.24, 2.45) is 0 Å². The Hall–Kier alpha value is -1.79. The summed E-state index contributed by atoms with van der Waals surface area (Å²) in [6.07, 6.45) is 2.23. The van der Waals surface area contributed by atoms with Gasteiger partial charge in [-0.3, -0.25) is 9.69 Å². The Labute approximate surface area is 153 Å². The molecule has 6 nitrogen and oxygen atoms in total. The lowest BCUT2D eigenvalue weighted by Gasteiger charge is -2.35. The lowest BCUT2D eigenvalue weighted by atomic mass is 10.2. The number of hydrogen-bond donors (Lipinski definition) is 1. The second-order valence-corrected chi connectivity index (χ2v) is 7.01. The van der Waals surface area contributed by atoms with E-state index < -0.39 is 0 Å². The van der Waals surface area contributed by atoms with Gasteiger partial charge in [0.2, 0.25) is 5.91 Å². The lowest BCUT2D eigenvalue weighted by molar-refractivity contribution is -0.131. The molecule has 2 fully saturated rings. The first-order valence-corrected chi connectivity index (χ1v) is 9.27. The molecule has 0 unspecified atom stereocenters. The Morgan fingerprint density at radius 2 is 1.64 bits per heavy atom. The van der Waals surface area contributed by atoms with Crippen LogP contribution in [0.2, 0.25) is 5.02 Å². The fraction of sp³-hybridized carbons (Fsp3) is 0.556. The highest BCUT2D eigenvalue weighted by atomic mass is 35.5. The Balaban J connectivity index is 1.40. The summed E-state index contributed by atoms with van der Waals surface area (Å²) < 4.78 is 0. The first-order chi connectivity index (χ1) is 12.1. The average molecular weight is 365 g/mol. The molecule has 1 N–H and O–H groups in total. The van der Waals surface area contributed by atoms with Crippen LogP contribution in [0.5, 0.6) is 0 Å². The van der Waals surface area contributed by atoms with Crippen molar-refractivity contribution in [3.8, 4) is 0 Å². The Morgan fingerprint density at radius 3 is 2.32 bits per heavy atom. The van der Waals surface area contributed by atoms with Crippen LogP contribution >= 0.6 is 11.6 Å². The number of likely N-dealkylation sites (tertiary alicyclic amines) is 1. The number of nitrogens with zero attached hydrogens (tertiary/aromatic N) is 3. The van der Waals surface area contributed by atoms with Crippen molar-refractivity contribution >= 4 is 23.5 Å². The van der Waals surface area contributed by atoms with Crippen LogP contribution in [0.4, 0.5) is 4.79 Å². The number of rotatable bonds is 4. The van der Waals surface area contributed by atoms with Crippen LogP contribution in [0.1, 0.15) is 18.4 Å². The fourth-order valence-corrected chi connectivity index (χ4v) is 3.49. The third kappa shape index (κ3) is 4.86. The predicted octanol–water partition coefficient (Wildman–Crippen LogP) is 1.79. The molecule has 3 amide bonds. The summed E-state index contributed by atoms with van der Waals surface area (Å²) in [6.45, 7) is 5.43. The van der Waals surface area contributed by atoms with E-state index in [4.69, 9.17) is 11.6 Å². The number of amides is 3. The number of carbonyl (C=O) groups excluding carboxylic acids is 2. The average Bonchev–Trinajstić information content (AvgIpc) is 3.16. The maximum Gasteiger partial charge on any atom is 0.317 e. The molecule has 2 aliphatic heterocycles. The van der Waals surface area contributed by atoms with E-state index >= 15 is 0 Å². The molecular formula is C18H25ClN4O2. The Kier molecular flexibility index (Phi) is 6.15. The number of nitrogens with one attached hydrogen (secondary N) is 1. The maximum atomic E-state index is 12.3. The molecule has 7 heteroatoms. The molecule has 2 aliphatic rings. The third-order valence-corrected chi connectivity index (χ3v) is 5.23. The van der Waals surface area contributed by atoms with Gasteiger partial charge in [-0.2, -0.15) is 0 Å². The van der Waals surface area contributed by atoms with Gasteiger partial charge in [0.15, 0.2) is 0 Å². The number of urea groups is 1. The van der Waals surface area contributed by atoms with E-state index in [1.54, 1.807) is 4.90 Å². The Bertz CT molecular complexity index is 611. The molecule has 1 aromatic carbocycles. The largest absolute Gasteiger partial charge is 0.342 e. The molecule has 25 heavy (non-hydrogen) atoms. The topological polar surface area (TPSA) is 55.9 Å². The normalized spacial score (nSPS) is 18.4. The molecular weight excluding hydrogens is 340 g/mol. The summed E-state index contributed by atoms with van der Waals surface area (Å²) in [6, 6.07) is 7.43. The maximum absolute atomic E-state index is 12.3. The van der Waals surface area contributed by atoms with Crippen LogP contribution in [0, 0.1) is 0 Å². The molecule has 2 heterocycles. The quantitative estimate of drug-likeness (QED) is 0.886. The molecule has 2 saturated heterocycles. The minimum atomic E-state index is -0.0783. The van der Waals surface area contributed by atoms with Crippen LogP contribution < -0.4 is 5.32 Å². The molecule has 0 aromatic heterocycles. The van der Waals surface area contributed by atoms with Crippen molar-refractivity contribution in [1.82, 2.24) is 20.0 Å². The Morgan fingerprint density at radius 1 is 0.960 bits per heavy atom. The minimum Gasteiger partial charge on any atom is -0.342 e. The smallest absolute Gasteiger partial charge is 0.317 e. The van der Waals surface area contributed by atoms with Crippen LogP contribution in [0.15, 0.2) is 24.3 Å².